The number of hydrogen-bond donors (Lipinski definition) is 0. The minimum Gasteiger partial charge on any atom is -0.0826 e. The molecule has 0 aliphatic carbocycles. The summed E-state index contributed by atoms with van der Waals surface area (Å²) >= 11 is 0. The van der Waals surface area contributed by atoms with Crippen molar-refractivity contribution in [3.8, 4) is 0 Å². The van der Waals surface area contributed by atoms with E-state index in [9.17, 15) is 0 Å². The van der Waals surface area contributed by atoms with Crippen molar-refractivity contribution in [3.05, 3.63) is 24.3 Å². The van der Waals surface area contributed by atoms with Crippen LogP contribution in [0.4, 0.5) is 0 Å². The molecule has 0 aliphatic rings. The van der Waals surface area contributed by atoms with Gasteiger partial charge in [0.05, 0.1) is 0 Å². The molecule has 0 fully saturated rings. The zero-order chi connectivity index (χ0) is 16.8. The summed E-state index contributed by atoms with van der Waals surface area (Å²) in [7, 11) is 0. The van der Waals surface area contributed by atoms with E-state index in [1.54, 1.807) is 0 Å². The monoisotopic (exact) mass is 280 g/mol. The summed E-state index contributed by atoms with van der Waals surface area (Å²) < 4.78 is 0. The van der Waals surface area contributed by atoms with Gasteiger partial charge < -0.3 is 0 Å². The van der Waals surface area contributed by atoms with Crippen LogP contribution in [-0.4, -0.2) is 0 Å². The Labute approximate surface area is 129 Å². The van der Waals surface area contributed by atoms with E-state index in [2.05, 4.69) is 107 Å². The Morgan fingerprint density at radius 2 is 0.400 bits per heavy atom. The minimum absolute atomic E-state index is 0.327. The average molecular weight is 281 g/mol. The first-order valence-corrected chi connectivity index (χ1v) is 7.82. The van der Waals surface area contributed by atoms with Gasteiger partial charge in [-0.2, -0.15) is 0 Å². The molecule has 0 aromatic heterocycles. The van der Waals surface area contributed by atoms with Gasteiger partial charge in [0.25, 0.3) is 0 Å². The molecule has 0 atom stereocenters. The summed E-state index contributed by atoms with van der Waals surface area (Å²) in [5.41, 5.74) is 1.31. The average Bonchev–Trinajstić information content (AvgIpc) is 2.09. The van der Waals surface area contributed by atoms with E-state index in [1.165, 1.54) is 0 Å². The zero-order valence-electron chi connectivity index (χ0n) is 16.3. The van der Waals surface area contributed by atoms with E-state index < -0.39 is 0 Å². The van der Waals surface area contributed by atoms with Gasteiger partial charge in [0.1, 0.15) is 0 Å². The maximum absolute atomic E-state index is 2.27. The van der Waals surface area contributed by atoms with Crippen LogP contribution in [0.1, 0.15) is 83.1 Å². The molecule has 0 heteroatoms. The van der Waals surface area contributed by atoms with Crippen LogP contribution in [-0.2, 0) is 0 Å². The van der Waals surface area contributed by atoms with Crippen LogP contribution >= 0.6 is 0 Å². The van der Waals surface area contributed by atoms with Crippen LogP contribution in [0.5, 0.6) is 0 Å². The van der Waals surface area contributed by atoms with Crippen molar-refractivity contribution in [2.75, 3.05) is 0 Å². The van der Waals surface area contributed by atoms with E-state index >= 15 is 0 Å². The normalized spacial score (nSPS) is 14.6. The molecule has 0 aromatic carbocycles. The van der Waals surface area contributed by atoms with Crippen LogP contribution in [0.25, 0.3) is 0 Å². The second-order valence-electron chi connectivity index (χ2n) is 10.1. The molecule has 0 heterocycles. The highest BCUT2D eigenvalue weighted by atomic mass is 14.1. The maximum Gasteiger partial charge on any atom is -0.0203 e. The van der Waals surface area contributed by atoms with Crippen molar-refractivity contribution in [2.45, 2.75) is 83.1 Å². The predicted octanol–water partition coefficient (Wildman–Crippen LogP) is 7.27. The highest BCUT2D eigenvalue weighted by Gasteiger charge is 2.09. The maximum atomic E-state index is 2.27. The smallest absolute Gasteiger partial charge is 0.0203 e. The summed E-state index contributed by atoms with van der Waals surface area (Å²) in [5, 5.41) is 0. The molecule has 0 aromatic rings. The van der Waals surface area contributed by atoms with Crippen LogP contribution in [0, 0.1) is 21.7 Å². The number of hydrogen-bond acceptors (Lipinski definition) is 0. The van der Waals surface area contributed by atoms with Gasteiger partial charge in [-0.15, -0.1) is 0 Å². The van der Waals surface area contributed by atoms with Crippen molar-refractivity contribution in [2.24, 2.45) is 21.7 Å². The van der Waals surface area contributed by atoms with Gasteiger partial charge in [-0.05, 0) is 21.7 Å². The lowest BCUT2D eigenvalue weighted by atomic mass is 9.89. The first-order valence-electron chi connectivity index (χ1n) is 7.82. The standard InChI is InChI=1S/2C10H20/c2*1-9(2,3)7-8-10(4,5)6/h2*7-8H,1-6H3/b8-7+;8-7-. The van der Waals surface area contributed by atoms with E-state index in [1.807, 2.05) is 0 Å². The molecule has 0 spiro atoms. The fourth-order valence-electron chi connectivity index (χ4n) is 1.00. The van der Waals surface area contributed by atoms with Crippen molar-refractivity contribution in [3.63, 3.8) is 0 Å². The van der Waals surface area contributed by atoms with Crippen molar-refractivity contribution >= 4 is 0 Å². The number of allylic oxidation sites excluding steroid dienone is 4. The summed E-state index contributed by atoms with van der Waals surface area (Å²) in [5.74, 6) is 0. The highest BCUT2D eigenvalue weighted by molar-refractivity contribution is 4.99. The topological polar surface area (TPSA) is 0 Å². The SMILES string of the molecule is CC(C)(C)/C=C/C(C)(C)C.CC(C)(C)/C=C\C(C)(C)C. The van der Waals surface area contributed by atoms with Crippen molar-refractivity contribution < 1.29 is 0 Å². The third kappa shape index (κ3) is 26.1. The van der Waals surface area contributed by atoms with E-state index in [4.69, 9.17) is 0 Å². The molecule has 0 amide bonds. The quantitative estimate of drug-likeness (QED) is 0.409. The molecule has 0 radical (unpaired) electrons. The van der Waals surface area contributed by atoms with E-state index in [0.29, 0.717) is 21.7 Å². The first-order chi connectivity index (χ1) is 8.41. The fourth-order valence-corrected chi connectivity index (χ4v) is 1.00. The van der Waals surface area contributed by atoms with Crippen LogP contribution in [0.3, 0.4) is 0 Å². The Morgan fingerprint density at radius 3 is 0.450 bits per heavy atom. The lowest BCUT2D eigenvalue weighted by molar-refractivity contribution is 0.502. The summed E-state index contributed by atoms with van der Waals surface area (Å²) in [6.07, 6.45) is 9.08. The molecule has 0 aliphatic heterocycles. The van der Waals surface area contributed by atoms with E-state index in [0.717, 1.165) is 0 Å². The molecule has 0 bridgehead atoms. The van der Waals surface area contributed by atoms with Crippen molar-refractivity contribution in [1.82, 2.24) is 0 Å². The largest absolute Gasteiger partial charge is 0.0826 e. The molecule has 120 valence electrons. The van der Waals surface area contributed by atoms with Crippen LogP contribution in [0.15, 0.2) is 24.3 Å². The lowest BCUT2D eigenvalue weighted by Crippen LogP contribution is -2.04. The van der Waals surface area contributed by atoms with E-state index in [-0.39, 0.29) is 0 Å². The molecule has 0 N–H and O–H groups in total. The van der Waals surface area contributed by atoms with Gasteiger partial charge >= 0.3 is 0 Å². The Morgan fingerprint density at radius 1 is 0.300 bits per heavy atom. The summed E-state index contributed by atoms with van der Waals surface area (Å²) in [6.45, 7) is 26.6. The van der Waals surface area contributed by atoms with Gasteiger partial charge in [0, 0.05) is 0 Å². The molecule has 0 rings (SSSR count). The van der Waals surface area contributed by atoms with Gasteiger partial charge in [-0.3, -0.25) is 0 Å². The molecular formula is C20H40. The number of rotatable bonds is 0. The Balaban J connectivity index is 0. The van der Waals surface area contributed by atoms with Crippen LogP contribution in [0.2, 0.25) is 0 Å². The third-order valence-corrected chi connectivity index (χ3v) is 2.17. The summed E-state index contributed by atoms with van der Waals surface area (Å²) in [6, 6.07) is 0. The lowest BCUT2D eigenvalue weighted by Gasteiger charge is -2.17. The molecule has 0 saturated heterocycles. The van der Waals surface area contributed by atoms with Gasteiger partial charge in [-0.1, -0.05) is 107 Å². The molecule has 20 heavy (non-hydrogen) atoms. The zero-order valence-corrected chi connectivity index (χ0v) is 16.3. The van der Waals surface area contributed by atoms with Gasteiger partial charge in [0.15, 0.2) is 0 Å². The molecular weight excluding hydrogens is 240 g/mol. The van der Waals surface area contributed by atoms with Crippen LogP contribution < -0.4 is 0 Å². The molecule has 0 unspecified atom stereocenters. The minimum atomic E-state index is 0.327. The Kier molecular flexibility index (Phi) is 8.14. The van der Waals surface area contributed by atoms with Gasteiger partial charge in [0.2, 0.25) is 0 Å². The third-order valence-electron chi connectivity index (χ3n) is 2.17. The fraction of sp³-hybridized carbons (Fsp3) is 0.800. The molecule has 0 saturated carbocycles. The Hall–Kier alpha value is -0.520. The second-order valence-corrected chi connectivity index (χ2v) is 10.1. The molecule has 0 nitrogen and oxygen atoms in total. The summed E-state index contributed by atoms with van der Waals surface area (Å²) in [4.78, 5) is 0. The first kappa shape index (κ1) is 21.8. The second kappa shape index (κ2) is 7.48. The predicted molar refractivity (Wildman–Crippen MR) is 96.1 cm³/mol. The highest BCUT2D eigenvalue weighted by Crippen LogP contribution is 2.22. The van der Waals surface area contributed by atoms with Crippen molar-refractivity contribution in [1.29, 1.82) is 0 Å². The van der Waals surface area contributed by atoms with Gasteiger partial charge in [-0.25, -0.2) is 0 Å². The Bertz CT molecular complexity index is 234.